The maximum atomic E-state index is 5.89. The van der Waals surface area contributed by atoms with Crippen molar-refractivity contribution in [3.63, 3.8) is 0 Å². The lowest BCUT2D eigenvalue weighted by Gasteiger charge is -2.13. The molecular formula is C19H23N5O. The van der Waals surface area contributed by atoms with E-state index in [0.717, 1.165) is 41.3 Å². The first-order valence-electron chi connectivity index (χ1n) is 8.49. The van der Waals surface area contributed by atoms with E-state index in [-0.39, 0.29) is 6.04 Å². The topological polar surface area (TPSA) is 64.3 Å². The van der Waals surface area contributed by atoms with E-state index in [1.807, 2.05) is 35.0 Å². The van der Waals surface area contributed by atoms with Crippen LogP contribution in [0, 0.1) is 0 Å². The van der Waals surface area contributed by atoms with Gasteiger partial charge < -0.3 is 14.5 Å². The Morgan fingerprint density at radius 3 is 3.00 bits per heavy atom. The number of pyridine rings is 1. The SMILES string of the molecule is C=CCCOc1cc(-c2cc(C(C)NCC)ncn2)cn2ccnc12. The zero-order chi connectivity index (χ0) is 17.6. The summed E-state index contributed by atoms with van der Waals surface area (Å²) in [5.41, 5.74) is 3.58. The lowest BCUT2D eigenvalue weighted by Crippen LogP contribution is -2.18. The summed E-state index contributed by atoms with van der Waals surface area (Å²) in [6.45, 7) is 9.37. The fourth-order valence-corrected chi connectivity index (χ4v) is 2.68. The van der Waals surface area contributed by atoms with Crippen LogP contribution in [-0.4, -0.2) is 32.5 Å². The smallest absolute Gasteiger partial charge is 0.179 e. The number of nitrogens with one attached hydrogen (secondary N) is 1. The standard InChI is InChI=1S/C19H23N5O/c1-4-6-9-25-18-10-15(12-24-8-7-21-19(18)24)17-11-16(22-13-23-17)14(3)20-5-2/h4,7-8,10-14,20H,1,5-6,9H2,2-3H3. The van der Waals surface area contributed by atoms with Crippen LogP contribution in [0.2, 0.25) is 0 Å². The van der Waals surface area contributed by atoms with Crippen LogP contribution in [0.25, 0.3) is 16.9 Å². The van der Waals surface area contributed by atoms with Gasteiger partial charge in [-0.3, -0.25) is 0 Å². The summed E-state index contributed by atoms with van der Waals surface area (Å²) in [5.74, 6) is 0.740. The Labute approximate surface area is 147 Å². The highest BCUT2D eigenvalue weighted by Gasteiger charge is 2.12. The van der Waals surface area contributed by atoms with Gasteiger partial charge in [0.05, 0.1) is 18.0 Å². The molecule has 0 bridgehead atoms. The molecule has 1 atom stereocenters. The van der Waals surface area contributed by atoms with Crippen molar-refractivity contribution >= 4 is 5.65 Å². The lowest BCUT2D eigenvalue weighted by atomic mass is 10.1. The maximum absolute atomic E-state index is 5.89. The van der Waals surface area contributed by atoms with Crippen LogP contribution in [0.3, 0.4) is 0 Å². The lowest BCUT2D eigenvalue weighted by molar-refractivity contribution is 0.327. The molecule has 0 aromatic carbocycles. The molecule has 0 fully saturated rings. The molecule has 1 N–H and O–H groups in total. The monoisotopic (exact) mass is 337 g/mol. The molecule has 0 radical (unpaired) electrons. The number of fused-ring (bicyclic) bond motifs is 1. The molecule has 0 saturated heterocycles. The molecule has 0 amide bonds. The van der Waals surface area contributed by atoms with Gasteiger partial charge in [-0.2, -0.15) is 0 Å². The Morgan fingerprint density at radius 1 is 1.32 bits per heavy atom. The highest BCUT2D eigenvalue weighted by atomic mass is 16.5. The summed E-state index contributed by atoms with van der Waals surface area (Å²) in [6.07, 6.45) is 9.91. The molecule has 0 saturated carbocycles. The quantitative estimate of drug-likeness (QED) is 0.504. The molecule has 3 aromatic rings. The minimum atomic E-state index is 0.173. The van der Waals surface area contributed by atoms with Crippen molar-refractivity contribution < 1.29 is 4.74 Å². The zero-order valence-electron chi connectivity index (χ0n) is 14.6. The molecule has 0 aliphatic carbocycles. The number of ether oxygens (including phenoxy) is 1. The molecule has 130 valence electrons. The largest absolute Gasteiger partial charge is 0.489 e. The van der Waals surface area contributed by atoms with Gasteiger partial charge in [0.2, 0.25) is 0 Å². The first-order chi connectivity index (χ1) is 12.2. The molecule has 3 rings (SSSR count). The Hall–Kier alpha value is -2.73. The molecule has 1 unspecified atom stereocenters. The van der Waals surface area contributed by atoms with Crippen LogP contribution in [0.1, 0.15) is 32.0 Å². The summed E-state index contributed by atoms with van der Waals surface area (Å²) in [5, 5.41) is 3.37. The van der Waals surface area contributed by atoms with E-state index in [1.165, 1.54) is 0 Å². The summed E-state index contributed by atoms with van der Waals surface area (Å²) < 4.78 is 7.84. The van der Waals surface area contributed by atoms with Crippen LogP contribution in [0.4, 0.5) is 0 Å². The van der Waals surface area contributed by atoms with Crippen molar-refractivity contribution in [3.05, 3.63) is 55.4 Å². The average Bonchev–Trinajstić information content (AvgIpc) is 3.11. The molecule has 3 aromatic heterocycles. The van der Waals surface area contributed by atoms with Crippen molar-refractivity contribution in [2.24, 2.45) is 0 Å². The molecule has 3 heterocycles. The van der Waals surface area contributed by atoms with Gasteiger partial charge in [0, 0.05) is 30.2 Å². The van der Waals surface area contributed by atoms with E-state index in [0.29, 0.717) is 6.61 Å². The van der Waals surface area contributed by atoms with Crippen LogP contribution >= 0.6 is 0 Å². The fraction of sp³-hybridized carbons (Fsp3) is 0.316. The van der Waals surface area contributed by atoms with Crippen LogP contribution in [-0.2, 0) is 0 Å². The van der Waals surface area contributed by atoms with Crippen molar-refractivity contribution in [3.8, 4) is 17.0 Å². The van der Waals surface area contributed by atoms with Crippen molar-refractivity contribution in [2.45, 2.75) is 26.3 Å². The second-order valence-electron chi connectivity index (χ2n) is 5.78. The second-order valence-corrected chi connectivity index (χ2v) is 5.78. The van der Waals surface area contributed by atoms with Gasteiger partial charge >= 0.3 is 0 Å². The Kier molecular flexibility index (Phi) is 5.40. The zero-order valence-corrected chi connectivity index (χ0v) is 14.6. The van der Waals surface area contributed by atoms with Crippen molar-refractivity contribution in [1.29, 1.82) is 0 Å². The van der Waals surface area contributed by atoms with Gasteiger partial charge in [0.1, 0.15) is 6.33 Å². The van der Waals surface area contributed by atoms with E-state index < -0.39 is 0 Å². The number of hydrogen-bond donors (Lipinski definition) is 1. The predicted molar refractivity (Wildman–Crippen MR) is 98.6 cm³/mol. The van der Waals surface area contributed by atoms with Gasteiger partial charge in [-0.25, -0.2) is 15.0 Å². The van der Waals surface area contributed by atoms with E-state index in [1.54, 1.807) is 12.5 Å². The minimum absolute atomic E-state index is 0.173. The second kappa shape index (κ2) is 7.90. The van der Waals surface area contributed by atoms with Gasteiger partial charge in [-0.15, -0.1) is 6.58 Å². The normalized spacial score (nSPS) is 12.2. The molecule has 0 spiro atoms. The van der Waals surface area contributed by atoms with Crippen molar-refractivity contribution in [1.82, 2.24) is 24.7 Å². The van der Waals surface area contributed by atoms with Crippen LogP contribution in [0.5, 0.6) is 5.75 Å². The number of nitrogens with zero attached hydrogens (tertiary/aromatic N) is 4. The molecule has 25 heavy (non-hydrogen) atoms. The first kappa shape index (κ1) is 17.1. The number of aromatic nitrogens is 4. The van der Waals surface area contributed by atoms with Gasteiger partial charge in [-0.05, 0) is 32.0 Å². The van der Waals surface area contributed by atoms with Crippen LogP contribution < -0.4 is 10.1 Å². The number of hydrogen-bond acceptors (Lipinski definition) is 5. The third kappa shape index (κ3) is 3.85. The molecule has 0 aliphatic heterocycles. The van der Waals surface area contributed by atoms with Gasteiger partial charge in [0.15, 0.2) is 11.4 Å². The Morgan fingerprint density at radius 2 is 2.20 bits per heavy atom. The average molecular weight is 337 g/mol. The van der Waals surface area contributed by atoms with Gasteiger partial charge in [0.25, 0.3) is 0 Å². The summed E-state index contributed by atoms with van der Waals surface area (Å²) in [4.78, 5) is 13.2. The third-order valence-electron chi connectivity index (χ3n) is 3.97. The van der Waals surface area contributed by atoms with Crippen LogP contribution in [0.15, 0.2) is 49.7 Å². The molecular weight excluding hydrogens is 314 g/mol. The minimum Gasteiger partial charge on any atom is -0.489 e. The molecule has 6 heteroatoms. The number of rotatable bonds is 8. The van der Waals surface area contributed by atoms with Crippen molar-refractivity contribution in [2.75, 3.05) is 13.2 Å². The van der Waals surface area contributed by atoms with E-state index in [4.69, 9.17) is 4.74 Å². The van der Waals surface area contributed by atoms with E-state index in [2.05, 4.69) is 40.7 Å². The van der Waals surface area contributed by atoms with Gasteiger partial charge in [-0.1, -0.05) is 13.0 Å². The highest BCUT2D eigenvalue weighted by molar-refractivity contribution is 5.67. The molecule has 0 aliphatic rings. The Bertz CT molecular complexity index is 858. The fourth-order valence-electron chi connectivity index (χ4n) is 2.68. The summed E-state index contributed by atoms with van der Waals surface area (Å²) in [7, 11) is 0. The predicted octanol–water partition coefficient (Wildman–Crippen LogP) is 3.42. The summed E-state index contributed by atoms with van der Waals surface area (Å²) in [6, 6.07) is 4.17. The third-order valence-corrected chi connectivity index (χ3v) is 3.97. The number of imidazole rings is 1. The Balaban J connectivity index is 1.97. The van der Waals surface area contributed by atoms with E-state index >= 15 is 0 Å². The molecule has 6 nitrogen and oxygen atoms in total. The van der Waals surface area contributed by atoms with E-state index in [9.17, 15) is 0 Å². The first-order valence-corrected chi connectivity index (χ1v) is 8.49. The highest BCUT2D eigenvalue weighted by Crippen LogP contribution is 2.27. The maximum Gasteiger partial charge on any atom is 0.179 e. The summed E-state index contributed by atoms with van der Waals surface area (Å²) >= 11 is 0.